The van der Waals surface area contributed by atoms with E-state index in [1.165, 1.54) is 37.8 Å². The van der Waals surface area contributed by atoms with E-state index in [0.717, 1.165) is 17.9 Å². The molecule has 2 rings (SSSR count). The van der Waals surface area contributed by atoms with Crippen LogP contribution in [-0.4, -0.2) is 0 Å². The summed E-state index contributed by atoms with van der Waals surface area (Å²) in [6.45, 7) is 2.29. The van der Waals surface area contributed by atoms with E-state index in [4.69, 9.17) is 0 Å². The fraction of sp³-hybridized carbons (Fsp3) is 0.571. The summed E-state index contributed by atoms with van der Waals surface area (Å²) in [6.07, 6.45) is 5.88. The molecule has 1 fully saturated rings. The summed E-state index contributed by atoms with van der Waals surface area (Å²) >= 11 is 0. The summed E-state index contributed by atoms with van der Waals surface area (Å²) in [5.74, 6) is 0.0185. The average molecular weight is 224 g/mol. The van der Waals surface area contributed by atoms with Gasteiger partial charge in [-0.15, -0.1) is 0 Å². The van der Waals surface area contributed by atoms with Crippen LogP contribution in [0.5, 0.6) is 0 Å². The van der Waals surface area contributed by atoms with Gasteiger partial charge in [0.15, 0.2) is 11.6 Å². The Kier molecular flexibility index (Phi) is 3.57. The van der Waals surface area contributed by atoms with Crippen molar-refractivity contribution in [3.05, 3.63) is 35.4 Å². The molecule has 1 aliphatic rings. The number of hydrogen-bond acceptors (Lipinski definition) is 0. The molecule has 2 heteroatoms. The normalized spacial score (nSPS) is 25.7. The number of benzene rings is 1. The maximum atomic E-state index is 13.0. The van der Waals surface area contributed by atoms with Crippen molar-refractivity contribution in [3.63, 3.8) is 0 Å². The molecule has 0 heterocycles. The van der Waals surface area contributed by atoms with Gasteiger partial charge in [-0.25, -0.2) is 8.78 Å². The van der Waals surface area contributed by atoms with Gasteiger partial charge in [0.1, 0.15) is 0 Å². The SMILES string of the molecule is CC1CCC(Cc2ccc(F)c(F)c2)CC1. The third kappa shape index (κ3) is 2.81. The van der Waals surface area contributed by atoms with E-state index >= 15 is 0 Å². The number of hydrogen-bond donors (Lipinski definition) is 0. The molecule has 0 aromatic heterocycles. The quantitative estimate of drug-likeness (QED) is 0.701. The summed E-state index contributed by atoms with van der Waals surface area (Å²) in [6, 6.07) is 4.28. The summed E-state index contributed by atoms with van der Waals surface area (Å²) in [5, 5.41) is 0. The highest BCUT2D eigenvalue weighted by atomic mass is 19.2. The van der Waals surface area contributed by atoms with Crippen molar-refractivity contribution in [3.8, 4) is 0 Å². The Balaban J connectivity index is 1.96. The van der Waals surface area contributed by atoms with E-state index in [-0.39, 0.29) is 0 Å². The summed E-state index contributed by atoms with van der Waals surface area (Å²) in [4.78, 5) is 0. The molecule has 0 N–H and O–H groups in total. The van der Waals surface area contributed by atoms with Crippen molar-refractivity contribution in [1.82, 2.24) is 0 Å². The van der Waals surface area contributed by atoms with Crippen LogP contribution in [0.4, 0.5) is 8.78 Å². The van der Waals surface area contributed by atoms with Crippen LogP contribution in [0.2, 0.25) is 0 Å². The molecule has 0 nitrogen and oxygen atoms in total. The van der Waals surface area contributed by atoms with Crippen LogP contribution < -0.4 is 0 Å². The van der Waals surface area contributed by atoms with Crippen LogP contribution in [0.15, 0.2) is 18.2 Å². The van der Waals surface area contributed by atoms with Crippen molar-refractivity contribution in [2.45, 2.75) is 39.0 Å². The van der Waals surface area contributed by atoms with Crippen molar-refractivity contribution >= 4 is 0 Å². The zero-order valence-electron chi connectivity index (χ0n) is 9.68. The van der Waals surface area contributed by atoms with Gasteiger partial charge in [0.25, 0.3) is 0 Å². The predicted molar refractivity (Wildman–Crippen MR) is 61.2 cm³/mol. The largest absolute Gasteiger partial charge is 0.204 e. The zero-order valence-corrected chi connectivity index (χ0v) is 9.68. The smallest absolute Gasteiger partial charge is 0.159 e. The van der Waals surface area contributed by atoms with Gasteiger partial charge in [-0.2, -0.15) is 0 Å². The summed E-state index contributed by atoms with van der Waals surface area (Å²) in [5.41, 5.74) is 0.929. The van der Waals surface area contributed by atoms with Crippen LogP contribution in [-0.2, 0) is 6.42 Å². The van der Waals surface area contributed by atoms with Crippen molar-refractivity contribution in [2.24, 2.45) is 11.8 Å². The molecule has 1 aromatic carbocycles. The monoisotopic (exact) mass is 224 g/mol. The Bertz CT molecular complexity index is 352. The van der Waals surface area contributed by atoms with E-state index in [1.807, 2.05) is 0 Å². The van der Waals surface area contributed by atoms with Gasteiger partial charge in [0.05, 0.1) is 0 Å². The molecule has 0 atom stereocenters. The Hall–Kier alpha value is -0.920. The van der Waals surface area contributed by atoms with Crippen LogP contribution >= 0.6 is 0 Å². The highest BCUT2D eigenvalue weighted by Crippen LogP contribution is 2.30. The number of rotatable bonds is 2. The van der Waals surface area contributed by atoms with Crippen molar-refractivity contribution in [2.75, 3.05) is 0 Å². The Labute approximate surface area is 95.7 Å². The minimum absolute atomic E-state index is 0.654. The van der Waals surface area contributed by atoms with E-state index in [0.29, 0.717) is 5.92 Å². The molecule has 88 valence electrons. The molecule has 0 spiro atoms. The fourth-order valence-corrected chi connectivity index (χ4v) is 2.53. The van der Waals surface area contributed by atoms with Gasteiger partial charge in [0, 0.05) is 0 Å². The minimum atomic E-state index is -0.749. The predicted octanol–water partition coefficient (Wildman–Crippen LogP) is 4.33. The molecular formula is C14H18F2. The molecule has 16 heavy (non-hydrogen) atoms. The number of halogens is 2. The molecule has 1 aromatic rings. The molecule has 1 saturated carbocycles. The van der Waals surface area contributed by atoms with Crippen LogP contribution in [0.25, 0.3) is 0 Å². The lowest BCUT2D eigenvalue weighted by Crippen LogP contribution is -2.14. The molecule has 0 saturated heterocycles. The van der Waals surface area contributed by atoms with Crippen LogP contribution in [0.3, 0.4) is 0 Å². The standard InChI is InChI=1S/C14H18F2/c1-10-2-4-11(5-3-10)8-12-6-7-13(15)14(16)9-12/h6-7,9-11H,2-5,8H2,1H3. The van der Waals surface area contributed by atoms with Crippen LogP contribution in [0, 0.1) is 23.5 Å². The zero-order chi connectivity index (χ0) is 11.5. The molecule has 0 amide bonds. The summed E-state index contributed by atoms with van der Waals surface area (Å²) < 4.78 is 25.8. The van der Waals surface area contributed by atoms with Gasteiger partial charge in [-0.05, 0) is 48.8 Å². The molecule has 0 bridgehead atoms. The lowest BCUT2D eigenvalue weighted by atomic mass is 9.80. The fourth-order valence-electron chi connectivity index (χ4n) is 2.53. The van der Waals surface area contributed by atoms with E-state index in [9.17, 15) is 8.78 Å². The van der Waals surface area contributed by atoms with Gasteiger partial charge < -0.3 is 0 Å². The first-order valence-electron chi connectivity index (χ1n) is 6.09. The maximum absolute atomic E-state index is 13.0. The van der Waals surface area contributed by atoms with Crippen molar-refractivity contribution < 1.29 is 8.78 Å². The molecule has 1 aliphatic carbocycles. The first-order valence-corrected chi connectivity index (χ1v) is 6.09. The first-order chi connectivity index (χ1) is 7.65. The second-order valence-corrected chi connectivity index (χ2v) is 5.08. The van der Waals surface area contributed by atoms with E-state index in [1.54, 1.807) is 6.07 Å². The van der Waals surface area contributed by atoms with Gasteiger partial charge in [-0.1, -0.05) is 25.8 Å². The third-order valence-corrected chi connectivity index (χ3v) is 3.64. The highest BCUT2D eigenvalue weighted by molar-refractivity contribution is 5.18. The third-order valence-electron chi connectivity index (χ3n) is 3.64. The molecule has 0 radical (unpaired) electrons. The Morgan fingerprint density at radius 2 is 1.75 bits per heavy atom. The van der Waals surface area contributed by atoms with Crippen LogP contribution in [0.1, 0.15) is 38.2 Å². The molecule has 0 aliphatic heterocycles. The van der Waals surface area contributed by atoms with Gasteiger partial charge in [-0.3, -0.25) is 0 Å². The molecule has 0 unspecified atom stereocenters. The lowest BCUT2D eigenvalue weighted by molar-refractivity contribution is 0.288. The minimum Gasteiger partial charge on any atom is -0.204 e. The van der Waals surface area contributed by atoms with Gasteiger partial charge in [0.2, 0.25) is 0 Å². The lowest BCUT2D eigenvalue weighted by Gasteiger charge is -2.26. The second kappa shape index (κ2) is 4.94. The first kappa shape index (κ1) is 11.6. The molecular weight excluding hydrogens is 206 g/mol. The maximum Gasteiger partial charge on any atom is 0.159 e. The van der Waals surface area contributed by atoms with Gasteiger partial charge >= 0.3 is 0 Å². The second-order valence-electron chi connectivity index (χ2n) is 5.08. The van der Waals surface area contributed by atoms with E-state index < -0.39 is 11.6 Å². The summed E-state index contributed by atoms with van der Waals surface area (Å²) in [7, 11) is 0. The van der Waals surface area contributed by atoms with E-state index in [2.05, 4.69) is 6.92 Å². The Morgan fingerprint density at radius 3 is 2.38 bits per heavy atom. The highest BCUT2D eigenvalue weighted by Gasteiger charge is 2.18. The Morgan fingerprint density at radius 1 is 1.06 bits per heavy atom. The topological polar surface area (TPSA) is 0 Å². The average Bonchev–Trinajstić information content (AvgIpc) is 2.27. The van der Waals surface area contributed by atoms with Crippen molar-refractivity contribution in [1.29, 1.82) is 0 Å².